The van der Waals surface area contributed by atoms with Gasteiger partial charge in [0.05, 0.1) is 29.3 Å². The molecule has 79 heavy (non-hydrogen) atoms. The van der Waals surface area contributed by atoms with Crippen LogP contribution in [-0.2, 0) is 59.0 Å². The quantitative estimate of drug-likeness (QED) is 0.0432. The Morgan fingerprint density at radius 2 is 1.78 bits per heavy atom. The minimum Gasteiger partial charge on any atom is -0.480 e. The van der Waals surface area contributed by atoms with Crippen molar-refractivity contribution in [1.82, 2.24) is 20.9 Å². The van der Waals surface area contributed by atoms with Crippen LogP contribution in [0.2, 0.25) is 5.02 Å². The number of anilines is 1. The van der Waals surface area contributed by atoms with E-state index in [-0.39, 0.29) is 86.4 Å². The standard InChI is InChI=1S/C58H84ClN5O14S/c1-11-48(67)61-43(38(7)65)17-12-13-25-60-53(70)41-21-18-39(19-22-41)20-23-42(66)30-46(54(71)72)79-26-24-49(68)63(9)37(6)55(73)77-47-31-50(69)64(10)44-29-40(28-34(3)51(44)59)27-33(2)15-14-16-35(4)58(75)32-45(76-56(74)62-58)36(5)52-57(47,8)78-52/h14-16,28-29,35-37,39,41,43,45-47,52,75H,11-13,17-27,30-32H2,1-10H3,(H,60,70)(H,61,67)(H,62,74)(H,71,72)/b16-14+,33-15+/t35-,36?,37+,39?,41?,43?,45?,46?,47+,52+,57+,58+/m1/s1/i1T. The molecule has 4 unspecified atom stereocenters. The van der Waals surface area contributed by atoms with Gasteiger partial charge in [0.25, 0.3) is 0 Å². The molecule has 5 amide bonds. The Balaban J connectivity index is 1.13. The monoisotopic (exact) mass is 1140 g/mol. The van der Waals surface area contributed by atoms with Gasteiger partial charge in [0, 0.05) is 77.6 Å². The molecule has 3 heterocycles. The van der Waals surface area contributed by atoms with Crippen LogP contribution >= 0.6 is 23.4 Å². The van der Waals surface area contributed by atoms with Gasteiger partial charge in [0.2, 0.25) is 23.6 Å². The molecule has 438 valence electrons. The maximum Gasteiger partial charge on any atom is 0.409 e. The molecule has 4 aliphatic rings. The second kappa shape index (κ2) is 28.9. The number of halogens is 1. The van der Waals surface area contributed by atoms with Crippen LogP contribution in [-0.4, -0.2) is 142 Å². The Morgan fingerprint density at radius 1 is 1.08 bits per heavy atom. The van der Waals surface area contributed by atoms with E-state index in [0.717, 1.165) is 41.3 Å². The summed E-state index contributed by atoms with van der Waals surface area (Å²) < 4.78 is 25.4. The number of hydrogen-bond acceptors (Lipinski definition) is 14. The lowest BCUT2D eigenvalue weighted by molar-refractivity contribution is -0.162. The van der Waals surface area contributed by atoms with Gasteiger partial charge in [-0.15, -0.1) is 11.8 Å². The van der Waals surface area contributed by atoms with E-state index in [0.29, 0.717) is 62.2 Å². The number of allylic oxidation sites excluding steroid dienone is 3. The van der Waals surface area contributed by atoms with Crippen molar-refractivity contribution >= 4 is 82.3 Å². The number of hydrogen-bond donors (Lipinski definition) is 5. The third kappa shape index (κ3) is 17.8. The minimum absolute atomic E-state index is 0.00835. The first-order valence-corrected chi connectivity index (χ1v) is 29.1. The van der Waals surface area contributed by atoms with Crippen molar-refractivity contribution in [3.63, 3.8) is 0 Å². The third-order valence-electron chi connectivity index (χ3n) is 16.3. The number of likely N-dealkylation sites (N-methyl/N-ethyl adjacent to an activating group) is 1. The molecular weight excluding hydrogens is 1060 g/mol. The minimum atomic E-state index is -1.67. The van der Waals surface area contributed by atoms with Gasteiger partial charge < -0.3 is 44.9 Å². The summed E-state index contributed by atoms with van der Waals surface area (Å²) in [5.74, 6) is -4.65. The topological polar surface area (TPSA) is 268 Å². The maximum atomic E-state index is 14.3. The maximum absolute atomic E-state index is 14.3. The SMILES string of the molecule is [3H]CCC(=O)NC(CCCCNC(=O)C1CCC(CCC(=O)CC(SCCC(=O)N(C)[C@@H](C)C(=O)O[C@H]2CC(=O)N(C)c3cc(cc(C)c3Cl)C/C(C)=C/C=C/[C@@H](C)[C@@]3(O)CC(OC(=O)N3)C(C)[C@@H]3O[C@@]23C)C(=O)O)CC1)C(C)=O. The number of aliphatic carboxylic acids is 1. The van der Waals surface area contributed by atoms with Crippen LogP contribution in [0.4, 0.5) is 10.5 Å². The number of nitrogens with zero attached hydrogens (tertiary/aromatic N) is 2. The summed E-state index contributed by atoms with van der Waals surface area (Å²) >= 11 is 7.80. The molecule has 0 spiro atoms. The van der Waals surface area contributed by atoms with E-state index in [1.54, 1.807) is 33.9 Å². The predicted octanol–water partition coefficient (Wildman–Crippen LogP) is 7.33. The molecule has 0 aromatic heterocycles. The largest absolute Gasteiger partial charge is 0.480 e. The van der Waals surface area contributed by atoms with Gasteiger partial charge in [-0.05, 0) is 116 Å². The van der Waals surface area contributed by atoms with Gasteiger partial charge in [0.15, 0.2) is 5.78 Å². The van der Waals surface area contributed by atoms with E-state index in [1.807, 2.05) is 38.1 Å². The molecule has 4 bridgehead atoms. The van der Waals surface area contributed by atoms with Crippen molar-refractivity contribution < 1.29 is 68.9 Å². The summed E-state index contributed by atoms with van der Waals surface area (Å²) in [5.41, 5.74) is 0.114. The van der Waals surface area contributed by atoms with E-state index in [2.05, 4.69) is 16.0 Å². The van der Waals surface area contributed by atoms with Gasteiger partial charge >= 0.3 is 18.0 Å². The average molecular weight is 1140 g/mol. The molecule has 1 aromatic rings. The number of nitrogens with one attached hydrogen (secondary N) is 3. The van der Waals surface area contributed by atoms with Crippen molar-refractivity contribution in [2.24, 2.45) is 23.7 Å². The molecule has 19 nitrogen and oxygen atoms in total. The lowest BCUT2D eigenvalue weighted by Crippen LogP contribution is -2.60. The molecule has 5 N–H and O–H groups in total. The van der Waals surface area contributed by atoms with Crippen molar-refractivity contribution in [3.8, 4) is 0 Å². The zero-order valence-corrected chi connectivity index (χ0v) is 48.9. The van der Waals surface area contributed by atoms with E-state index in [9.17, 15) is 53.4 Å². The van der Waals surface area contributed by atoms with Gasteiger partial charge in [-0.1, -0.05) is 62.2 Å². The van der Waals surface area contributed by atoms with Crippen molar-refractivity contribution in [1.29, 1.82) is 0 Å². The summed E-state index contributed by atoms with van der Waals surface area (Å²) in [6.07, 6.45) is 7.16. The number of Topliss-reactive ketones (excluding diaryl/α,β-unsaturated/α-hetero) is 2. The lowest BCUT2D eigenvalue weighted by atomic mass is 9.79. The van der Waals surface area contributed by atoms with E-state index < -0.39 is 88.7 Å². The number of carbonyl (C=O) groups excluding carboxylic acids is 8. The van der Waals surface area contributed by atoms with Crippen LogP contribution in [0, 0.1) is 30.6 Å². The molecule has 3 aliphatic heterocycles. The Bertz CT molecular complexity index is 2510. The second-order valence-electron chi connectivity index (χ2n) is 22.4. The number of fused-ring (bicyclic) bond motifs is 5. The number of esters is 1. The summed E-state index contributed by atoms with van der Waals surface area (Å²) in [6, 6.07) is 2.00. The first-order valence-electron chi connectivity index (χ1n) is 28.4. The summed E-state index contributed by atoms with van der Waals surface area (Å²) in [6.45, 7) is 12.4. The van der Waals surface area contributed by atoms with Crippen LogP contribution in [0.15, 0.2) is 35.9 Å². The number of aliphatic hydroxyl groups is 1. The number of epoxide rings is 1. The average Bonchev–Trinajstić information content (AvgIpc) is 4.18. The Morgan fingerprint density at radius 3 is 2.46 bits per heavy atom. The van der Waals surface area contributed by atoms with Crippen LogP contribution in [0.25, 0.3) is 0 Å². The Kier molecular flexibility index (Phi) is 23.0. The Hall–Kier alpha value is -5.31. The highest BCUT2D eigenvalue weighted by atomic mass is 35.5. The fourth-order valence-electron chi connectivity index (χ4n) is 10.7. The van der Waals surface area contributed by atoms with Crippen molar-refractivity contribution in [2.75, 3.05) is 31.3 Å². The lowest BCUT2D eigenvalue weighted by Gasteiger charge is -2.41. The van der Waals surface area contributed by atoms with Crippen molar-refractivity contribution in [2.45, 2.75) is 199 Å². The number of rotatable bonds is 22. The van der Waals surface area contributed by atoms with E-state index >= 15 is 0 Å². The number of benzene rings is 1. The highest BCUT2D eigenvalue weighted by molar-refractivity contribution is 8.00. The van der Waals surface area contributed by atoms with Crippen LogP contribution in [0.3, 0.4) is 0 Å². The molecule has 10 atom stereocenters. The zero-order chi connectivity index (χ0) is 59.2. The highest BCUT2D eigenvalue weighted by Gasteiger charge is 2.64. The number of carbonyl (C=O) groups is 9. The number of amides is 5. The number of carboxylic acid groups (broad SMARTS) is 1. The van der Waals surface area contributed by atoms with Crippen LogP contribution in [0.1, 0.15) is 151 Å². The van der Waals surface area contributed by atoms with Gasteiger partial charge in [-0.3, -0.25) is 38.9 Å². The first-order chi connectivity index (χ1) is 37.7. The molecule has 2 saturated heterocycles. The summed E-state index contributed by atoms with van der Waals surface area (Å²) in [7, 11) is 3.00. The number of carboxylic acids is 1. The van der Waals surface area contributed by atoms with Gasteiger partial charge in [0.1, 0.15) is 40.6 Å². The van der Waals surface area contributed by atoms with Crippen molar-refractivity contribution in [3.05, 3.63) is 52.1 Å². The third-order valence-corrected chi connectivity index (χ3v) is 18.0. The van der Waals surface area contributed by atoms with E-state index in [1.165, 1.54) is 30.7 Å². The van der Waals surface area contributed by atoms with E-state index in [4.69, 9.17) is 27.2 Å². The first kappa shape index (κ1) is 62.9. The number of ether oxygens (including phenoxy) is 3. The number of ketones is 2. The molecule has 5 rings (SSSR count). The predicted molar refractivity (Wildman–Crippen MR) is 300 cm³/mol. The normalized spacial score (nSPS) is 28.6. The highest BCUT2D eigenvalue weighted by Crippen LogP contribution is 2.49. The molecule has 1 aromatic carbocycles. The Labute approximate surface area is 475 Å². The van der Waals surface area contributed by atoms with Crippen LogP contribution < -0.4 is 20.9 Å². The zero-order valence-electron chi connectivity index (χ0n) is 48.4. The van der Waals surface area contributed by atoms with Crippen LogP contribution in [0.5, 0.6) is 0 Å². The molecule has 1 saturated carbocycles. The fraction of sp³-hybridized carbons (Fsp3) is 0.672. The van der Waals surface area contributed by atoms with Gasteiger partial charge in [-0.25, -0.2) is 9.59 Å². The smallest absolute Gasteiger partial charge is 0.409 e. The number of unbranched alkanes of at least 4 members (excludes halogenated alkanes) is 1. The number of alkyl carbamates (subject to hydrolysis) is 1. The molecule has 3 fully saturated rings. The summed E-state index contributed by atoms with van der Waals surface area (Å²) in [4.78, 5) is 120. The molecule has 1 aliphatic carbocycles. The summed E-state index contributed by atoms with van der Waals surface area (Å²) in [5, 5.41) is 29.3. The number of aryl methyl sites for hydroxylation is 1. The van der Waals surface area contributed by atoms with Gasteiger partial charge in [-0.2, -0.15) is 0 Å². The molecular formula is C58H84ClN5O14S. The molecule has 0 radical (unpaired) electrons. The fourth-order valence-corrected chi connectivity index (χ4v) is 12.0. The molecule has 21 heteroatoms. The second-order valence-corrected chi connectivity index (χ2v) is 24.1. The number of thioether (sulfide) groups is 1.